The molecule has 0 aromatic heterocycles. The molecule has 0 atom stereocenters. The minimum absolute atomic E-state index is 0. The van der Waals surface area contributed by atoms with Gasteiger partial charge in [-0.2, -0.15) is 20.4 Å². The largest absolute Gasteiger partial charge is 3.00 e. The molecule has 37 heavy (non-hydrogen) atoms. The Morgan fingerprint density at radius 3 is 1.27 bits per heavy atom. The second kappa shape index (κ2) is 20.7. The first kappa shape index (κ1) is 34.6. The summed E-state index contributed by atoms with van der Waals surface area (Å²) in [7, 11) is 0. The summed E-state index contributed by atoms with van der Waals surface area (Å²) < 4.78 is 0. The molecular weight excluding hydrogens is 551 g/mol. The number of hydrazone groups is 2. The first-order valence-corrected chi connectivity index (χ1v) is 13.3. The van der Waals surface area contributed by atoms with Crippen molar-refractivity contribution in [1.29, 1.82) is 0 Å². The van der Waals surface area contributed by atoms with Gasteiger partial charge in [-0.3, -0.25) is 10.9 Å². The zero-order valence-electron chi connectivity index (χ0n) is 22.7. The van der Waals surface area contributed by atoms with Crippen LogP contribution in [0.4, 0.5) is 0 Å². The molecule has 0 fully saturated rings. The summed E-state index contributed by atoms with van der Waals surface area (Å²) in [6.45, 7) is 16.1. The molecule has 2 heterocycles. The Kier molecular flexibility index (Phi) is 19.4. The van der Waals surface area contributed by atoms with Crippen molar-refractivity contribution in [2.75, 3.05) is 26.2 Å². The second-order valence-electron chi connectivity index (χ2n) is 8.13. The van der Waals surface area contributed by atoms with Gasteiger partial charge in [0.1, 0.15) is 11.4 Å². The maximum atomic E-state index is 5.27. The summed E-state index contributed by atoms with van der Waals surface area (Å²) in [5, 5.41) is 25.2. The Balaban J connectivity index is 0.000000682. The summed E-state index contributed by atoms with van der Waals surface area (Å²) in [6.07, 6.45) is 11.4. The fourth-order valence-corrected chi connectivity index (χ4v) is 3.56. The first-order valence-electron chi connectivity index (χ1n) is 12.4. The van der Waals surface area contributed by atoms with Crippen molar-refractivity contribution in [1.82, 2.24) is 20.7 Å². The number of hydrogen-bond donors (Lipinski definition) is 2. The van der Waals surface area contributed by atoms with Crippen molar-refractivity contribution in [2.24, 2.45) is 30.7 Å². The van der Waals surface area contributed by atoms with Crippen LogP contribution in [0.1, 0.15) is 67.2 Å². The number of azo groups is 2. The molecule has 13 heteroatoms. The molecule has 2 aliphatic rings. The van der Waals surface area contributed by atoms with E-state index in [1.54, 1.807) is 12.4 Å². The van der Waals surface area contributed by atoms with E-state index in [2.05, 4.69) is 79.0 Å². The third kappa shape index (κ3) is 14.8. The summed E-state index contributed by atoms with van der Waals surface area (Å²) in [6, 6.07) is 0. The second-order valence-corrected chi connectivity index (χ2v) is 8.86. The van der Waals surface area contributed by atoms with Crippen LogP contribution in [0.15, 0.2) is 78.0 Å². The molecule has 0 aliphatic carbocycles. The molecule has 0 spiro atoms. The Hall–Kier alpha value is -2.35. The molecule has 10 nitrogen and oxygen atoms in total. The Morgan fingerprint density at radius 2 is 1.03 bits per heavy atom. The van der Waals surface area contributed by atoms with E-state index in [4.69, 9.17) is 25.3 Å². The van der Waals surface area contributed by atoms with Gasteiger partial charge in [-0.1, -0.05) is 27.7 Å². The average Bonchev–Trinajstić information content (AvgIpc) is 3.46. The summed E-state index contributed by atoms with van der Waals surface area (Å²) >= 11 is 10.5. The minimum atomic E-state index is 0. The van der Waals surface area contributed by atoms with E-state index in [-0.39, 0.29) is 16.8 Å². The van der Waals surface area contributed by atoms with Gasteiger partial charge in [-0.05, 0) is 62.0 Å². The van der Waals surface area contributed by atoms with Crippen molar-refractivity contribution in [3.05, 3.63) is 47.3 Å². The van der Waals surface area contributed by atoms with Gasteiger partial charge in [0.2, 0.25) is 0 Å². The fourth-order valence-electron chi connectivity index (χ4n) is 3.09. The standard InChI is InChI=1S/2C12H21N5S.Co/c2*1-4-6-17(7-5-2)12(18)16-13-9-11-8-10(3)14-15-11;/h2*8-9,13H,4-7H2,1-3H3,(H,16,18);/q;;+3/p-2. The van der Waals surface area contributed by atoms with Gasteiger partial charge in [-0.15, -0.1) is 10.2 Å². The van der Waals surface area contributed by atoms with Gasteiger partial charge in [0.15, 0.2) is 0 Å². The van der Waals surface area contributed by atoms with Crippen LogP contribution < -0.4 is 10.9 Å². The summed E-state index contributed by atoms with van der Waals surface area (Å²) in [5.74, 6) is 0. The van der Waals surface area contributed by atoms with E-state index in [9.17, 15) is 0 Å². The minimum Gasteiger partial charge on any atom is -0.741 e. The van der Waals surface area contributed by atoms with Crippen LogP contribution in [0.3, 0.4) is 0 Å². The molecule has 0 radical (unpaired) electrons. The molecule has 2 N–H and O–H groups in total. The van der Waals surface area contributed by atoms with Gasteiger partial charge in [0, 0.05) is 38.6 Å². The van der Waals surface area contributed by atoms with Crippen LogP contribution in [0.25, 0.3) is 0 Å². The maximum Gasteiger partial charge on any atom is 3.00 e. The quantitative estimate of drug-likeness (QED) is 0.135. The van der Waals surface area contributed by atoms with Gasteiger partial charge in [0.25, 0.3) is 0 Å². The van der Waals surface area contributed by atoms with E-state index in [1.807, 2.05) is 26.0 Å². The van der Waals surface area contributed by atoms with Crippen LogP contribution in [0.2, 0.25) is 0 Å². The molecule has 0 unspecified atom stereocenters. The maximum absolute atomic E-state index is 5.27. The van der Waals surface area contributed by atoms with Crippen LogP contribution in [-0.4, -0.2) is 46.3 Å². The molecule has 0 saturated carbocycles. The SMILES string of the molecule is CCCN(CCC)C([S-])=NNC=C1C=C(C)N=N1.CCCN(CCC)C([S-])=NNC=C1C=C(C)N=N1.[Co+3]. The zero-order valence-corrected chi connectivity index (χ0v) is 25.4. The summed E-state index contributed by atoms with van der Waals surface area (Å²) in [5.41, 5.74) is 8.96. The number of hydrogen-bond acceptors (Lipinski definition) is 10. The Morgan fingerprint density at radius 1 is 0.703 bits per heavy atom. The molecule has 0 saturated heterocycles. The molecule has 206 valence electrons. The smallest absolute Gasteiger partial charge is 0.741 e. The normalized spacial score (nSPS) is 16.7. The third-order valence-electron chi connectivity index (χ3n) is 4.62. The van der Waals surface area contributed by atoms with Gasteiger partial charge in [-0.25, -0.2) is 0 Å². The van der Waals surface area contributed by atoms with Crippen LogP contribution in [-0.2, 0) is 42.0 Å². The van der Waals surface area contributed by atoms with Crippen LogP contribution in [0, 0.1) is 0 Å². The van der Waals surface area contributed by atoms with E-state index in [1.165, 1.54) is 0 Å². The number of nitrogens with zero attached hydrogens (tertiary/aromatic N) is 8. The third-order valence-corrected chi connectivity index (χ3v) is 5.32. The van der Waals surface area contributed by atoms with Crippen LogP contribution in [0.5, 0.6) is 0 Å². The summed E-state index contributed by atoms with van der Waals surface area (Å²) in [4.78, 5) is 4.19. The molecule has 2 aliphatic heterocycles. The van der Waals surface area contributed by atoms with E-state index in [0.717, 1.165) is 74.7 Å². The molecule has 0 aromatic carbocycles. The first-order chi connectivity index (χ1) is 17.3. The van der Waals surface area contributed by atoms with Crippen molar-refractivity contribution in [3.8, 4) is 0 Å². The van der Waals surface area contributed by atoms with E-state index >= 15 is 0 Å². The number of amidine groups is 2. The van der Waals surface area contributed by atoms with Crippen molar-refractivity contribution in [2.45, 2.75) is 67.2 Å². The number of allylic oxidation sites excluding steroid dienone is 4. The predicted molar refractivity (Wildman–Crippen MR) is 154 cm³/mol. The van der Waals surface area contributed by atoms with Crippen molar-refractivity contribution >= 4 is 35.6 Å². The van der Waals surface area contributed by atoms with Crippen molar-refractivity contribution < 1.29 is 16.8 Å². The monoisotopic (exact) mass is 591 g/mol. The molecular formula is C24H40CoN10S2+. The van der Waals surface area contributed by atoms with Gasteiger partial charge in [0.05, 0.1) is 11.4 Å². The molecule has 0 bridgehead atoms. The predicted octanol–water partition coefficient (Wildman–Crippen LogP) is 5.45. The van der Waals surface area contributed by atoms with E-state index < -0.39 is 0 Å². The topological polar surface area (TPSA) is 105 Å². The Labute approximate surface area is 243 Å². The Bertz CT molecular complexity index is 836. The average molecular weight is 592 g/mol. The van der Waals surface area contributed by atoms with E-state index in [0.29, 0.717) is 10.3 Å². The number of rotatable bonds is 12. The van der Waals surface area contributed by atoms with Gasteiger partial charge >= 0.3 is 16.8 Å². The van der Waals surface area contributed by atoms with Crippen LogP contribution >= 0.6 is 0 Å². The van der Waals surface area contributed by atoms with Crippen molar-refractivity contribution in [3.63, 3.8) is 0 Å². The molecule has 2 rings (SSSR count). The van der Waals surface area contributed by atoms with Gasteiger partial charge < -0.3 is 35.1 Å². The fraction of sp³-hybridized carbons (Fsp3) is 0.583. The number of nitrogens with one attached hydrogen (secondary N) is 2. The molecule has 0 aromatic rings. The molecule has 0 amide bonds. The zero-order chi connectivity index (χ0) is 26.8.